The SMILES string of the molecule is CCC1(c2cc(C)ccc2CNC2CC2)CC1.NC1CC1. The molecule has 0 heterocycles. The number of aryl methyl sites for hydroxylation is 1. The van der Waals surface area contributed by atoms with Gasteiger partial charge in [-0.3, -0.25) is 0 Å². The van der Waals surface area contributed by atoms with Crippen molar-refractivity contribution in [2.24, 2.45) is 5.73 Å². The first-order valence-electron chi connectivity index (χ1n) is 8.72. The topological polar surface area (TPSA) is 38.0 Å². The van der Waals surface area contributed by atoms with E-state index < -0.39 is 0 Å². The molecule has 0 aliphatic heterocycles. The summed E-state index contributed by atoms with van der Waals surface area (Å²) in [5, 5.41) is 3.66. The highest BCUT2D eigenvalue weighted by atomic mass is 14.9. The smallest absolute Gasteiger partial charge is 0.0211 e. The third kappa shape index (κ3) is 4.08. The minimum atomic E-state index is 0.534. The van der Waals surface area contributed by atoms with Gasteiger partial charge in [0.05, 0.1) is 0 Å². The summed E-state index contributed by atoms with van der Waals surface area (Å²) in [5.41, 5.74) is 10.3. The quantitative estimate of drug-likeness (QED) is 0.864. The molecular formula is C19H30N2. The lowest BCUT2D eigenvalue weighted by molar-refractivity contribution is 0.630. The van der Waals surface area contributed by atoms with E-state index in [1.807, 2.05) is 0 Å². The monoisotopic (exact) mass is 286 g/mol. The second kappa shape index (κ2) is 6.10. The van der Waals surface area contributed by atoms with Gasteiger partial charge in [-0.2, -0.15) is 0 Å². The lowest BCUT2D eigenvalue weighted by Crippen LogP contribution is -2.19. The lowest BCUT2D eigenvalue weighted by atomic mass is 9.88. The summed E-state index contributed by atoms with van der Waals surface area (Å²) in [5.74, 6) is 0. The second-order valence-corrected chi connectivity index (χ2v) is 7.29. The highest BCUT2D eigenvalue weighted by molar-refractivity contribution is 5.41. The van der Waals surface area contributed by atoms with Gasteiger partial charge in [-0.25, -0.2) is 0 Å². The van der Waals surface area contributed by atoms with Crippen molar-refractivity contribution in [3.05, 3.63) is 34.9 Å². The molecule has 3 aliphatic rings. The maximum absolute atomic E-state index is 5.22. The normalized spacial score (nSPS) is 22.4. The van der Waals surface area contributed by atoms with Crippen LogP contribution < -0.4 is 11.1 Å². The first kappa shape index (κ1) is 15.1. The molecule has 21 heavy (non-hydrogen) atoms. The number of benzene rings is 1. The average Bonchev–Trinajstić information content (AvgIpc) is 3.35. The summed E-state index contributed by atoms with van der Waals surface area (Å²) in [6, 6.07) is 8.43. The fourth-order valence-electron chi connectivity index (χ4n) is 2.94. The molecule has 2 nitrogen and oxygen atoms in total. The summed E-state index contributed by atoms with van der Waals surface area (Å²) >= 11 is 0. The maximum atomic E-state index is 5.22. The molecule has 3 fully saturated rings. The number of hydrogen-bond donors (Lipinski definition) is 2. The molecule has 0 amide bonds. The molecule has 4 rings (SSSR count). The van der Waals surface area contributed by atoms with Gasteiger partial charge in [0.1, 0.15) is 0 Å². The van der Waals surface area contributed by atoms with E-state index in [1.165, 1.54) is 50.5 Å². The van der Waals surface area contributed by atoms with Crippen LogP contribution in [0, 0.1) is 6.92 Å². The van der Waals surface area contributed by atoms with Gasteiger partial charge in [0.15, 0.2) is 0 Å². The number of rotatable bonds is 5. The third-order valence-electron chi connectivity index (χ3n) is 5.15. The number of hydrogen-bond acceptors (Lipinski definition) is 2. The summed E-state index contributed by atoms with van der Waals surface area (Å²) in [4.78, 5) is 0. The van der Waals surface area contributed by atoms with Crippen molar-refractivity contribution in [2.45, 2.75) is 82.8 Å². The van der Waals surface area contributed by atoms with Crippen LogP contribution in [0.25, 0.3) is 0 Å². The van der Waals surface area contributed by atoms with Crippen LogP contribution >= 0.6 is 0 Å². The molecule has 0 spiro atoms. The Balaban J connectivity index is 0.000000287. The molecular weight excluding hydrogens is 256 g/mol. The summed E-state index contributed by atoms with van der Waals surface area (Å²) in [6.45, 7) is 5.63. The van der Waals surface area contributed by atoms with E-state index >= 15 is 0 Å². The van der Waals surface area contributed by atoms with Crippen LogP contribution in [0.3, 0.4) is 0 Å². The van der Waals surface area contributed by atoms with Crippen LogP contribution in [-0.4, -0.2) is 12.1 Å². The van der Waals surface area contributed by atoms with Crippen molar-refractivity contribution in [1.29, 1.82) is 0 Å². The molecule has 1 aromatic carbocycles. The first-order chi connectivity index (χ1) is 10.1. The summed E-state index contributed by atoms with van der Waals surface area (Å²) in [7, 11) is 0. The van der Waals surface area contributed by atoms with Gasteiger partial charge < -0.3 is 11.1 Å². The Morgan fingerprint density at radius 1 is 1.19 bits per heavy atom. The highest BCUT2D eigenvalue weighted by Gasteiger charge is 2.43. The molecule has 0 saturated heterocycles. The van der Waals surface area contributed by atoms with Crippen molar-refractivity contribution in [2.75, 3.05) is 0 Å². The molecule has 0 radical (unpaired) electrons. The van der Waals surface area contributed by atoms with Crippen molar-refractivity contribution >= 4 is 0 Å². The zero-order chi connectivity index (χ0) is 14.9. The van der Waals surface area contributed by atoms with Gasteiger partial charge in [-0.15, -0.1) is 0 Å². The van der Waals surface area contributed by atoms with E-state index in [2.05, 4.69) is 37.4 Å². The zero-order valence-electron chi connectivity index (χ0n) is 13.6. The Kier molecular flexibility index (Phi) is 4.37. The largest absolute Gasteiger partial charge is 0.328 e. The van der Waals surface area contributed by atoms with E-state index in [1.54, 1.807) is 11.1 Å². The van der Waals surface area contributed by atoms with Gasteiger partial charge in [-0.1, -0.05) is 30.7 Å². The van der Waals surface area contributed by atoms with Gasteiger partial charge in [-0.05, 0) is 68.4 Å². The van der Waals surface area contributed by atoms with E-state index in [4.69, 9.17) is 5.73 Å². The van der Waals surface area contributed by atoms with Crippen LogP contribution in [0.1, 0.15) is 68.6 Å². The van der Waals surface area contributed by atoms with Crippen LogP contribution in [-0.2, 0) is 12.0 Å². The first-order valence-corrected chi connectivity index (χ1v) is 8.72. The Hall–Kier alpha value is -0.860. The van der Waals surface area contributed by atoms with E-state index in [0.29, 0.717) is 11.5 Å². The van der Waals surface area contributed by atoms with Crippen LogP contribution in [0.4, 0.5) is 0 Å². The third-order valence-corrected chi connectivity index (χ3v) is 5.15. The van der Waals surface area contributed by atoms with Crippen molar-refractivity contribution in [1.82, 2.24) is 5.32 Å². The predicted octanol–water partition coefficient (Wildman–Crippen LogP) is 3.80. The van der Waals surface area contributed by atoms with E-state index in [0.717, 1.165) is 12.6 Å². The van der Waals surface area contributed by atoms with Gasteiger partial charge >= 0.3 is 0 Å². The maximum Gasteiger partial charge on any atom is 0.0211 e. The lowest BCUT2D eigenvalue weighted by Gasteiger charge is -2.19. The molecule has 0 aromatic heterocycles. The Labute approximate surface area is 129 Å². The molecule has 2 heteroatoms. The van der Waals surface area contributed by atoms with Gasteiger partial charge in [0.2, 0.25) is 0 Å². The minimum absolute atomic E-state index is 0.534. The average molecular weight is 286 g/mol. The Morgan fingerprint density at radius 2 is 1.86 bits per heavy atom. The molecule has 0 atom stereocenters. The van der Waals surface area contributed by atoms with Crippen molar-refractivity contribution in [3.63, 3.8) is 0 Å². The molecule has 1 aromatic rings. The zero-order valence-corrected chi connectivity index (χ0v) is 13.6. The summed E-state index contributed by atoms with van der Waals surface area (Å²) in [6.07, 6.45) is 9.36. The molecule has 3 saturated carbocycles. The molecule has 0 bridgehead atoms. The number of nitrogens with two attached hydrogens (primary N) is 1. The fourth-order valence-corrected chi connectivity index (χ4v) is 2.94. The van der Waals surface area contributed by atoms with Crippen molar-refractivity contribution in [3.8, 4) is 0 Å². The molecule has 3 aliphatic carbocycles. The van der Waals surface area contributed by atoms with Crippen LogP contribution in [0.15, 0.2) is 18.2 Å². The van der Waals surface area contributed by atoms with Gasteiger partial charge in [0.25, 0.3) is 0 Å². The van der Waals surface area contributed by atoms with Gasteiger partial charge in [0, 0.05) is 18.6 Å². The van der Waals surface area contributed by atoms with E-state index in [-0.39, 0.29) is 0 Å². The minimum Gasteiger partial charge on any atom is -0.328 e. The molecule has 116 valence electrons. The van der Waals surface area contributed by atoms with Crippen LogP contribution in [0.2, 0.25) is 0 Å². The van der Waals surface area contributed by atoms with E-state index in [9.17, 15) is 0 Å². The fraction of sp³-hybridized carbons (Fsp3) is 0.684. The second-order valence-electron chi connectivity index (χ2n) is 7.29. The van der Waals surface area contributed by atoms with Crippen molar-refractivity contribution < 1.29 is 0 Å². The Morgan fingerprint density at radius 3 is 2.33 bits per heavy atom. The Bertz CT molecular complexity index is 482. The predicted molar refractivity (Wildman–Crippen MR) is 89.5 cm³/mol. The summed E-state index contributed by atoms with van der Waals surface area (Å²) < 4.78 is 0. The number of nitrogens with one attached hydrogen (secondary N) is 1. The molecule has 0 unspecified atom stereocenters. The molecule has 3 N–H and O–H groups in total. The standard InChI is InChI=1S/C16H23N.C3H7N/c1-3-16(8-9-16)15-10-12(2)4-5-13(15)11-17-14-6-7-14;4-3-1-2-3/h4-5,10,14,17H,3,6-9,11H2,1-2H3;3H,1-2,4H2. The van der Waals surface area contributed by atoms with Crippen LogP contribution in [0.5, 0.6) is 0 Å². The highest BCUT2D eigenvalue weighted by Crippen LogP contribution is 2.52.